The van der Waals surface area contributed by atoms with Gasteiger partial charge in [0.05, 0.1) is 35.8 Å². The number of imide groups is 1. The van der Waals surface area contributed by atoms with E-state index in [0.29, 0.717) is 30.0 Å². The zero-order valence-corrected chi connectivity index (χ0v) is 13.2. The van der Waals surface area contributed by atoms with Gasteiger partial charge in [-0.05, 0) is 24.6 Å². The van der Waals surface area contributed by atoms with E-state index in [1.54, 1.807) is 12.1 Å². The van der Waals surface area contributed by atoms with Crippen molar-refractivity contribution in [1.82, 2.24) is 14.5 Å². The van der Waals surface area contributed by atoms with Crippen molar-refractivity contribution in [2.45, 2.75) is 25.6 Å². The van der Waals surface area contributed by atoms with Gasteiger partial charge in [-0.3, -0.25) is 14.5 Å². The Morgan fingerprint density at radius 3 is 2.60 bits per heavy atom. The Labute approximate surface area is 142 Å². The summed E-state index contributed by atoms with van der Waals surface area (Å²) in [5.74, 6) is -1.26. The third-order valence-corrected chi connectivity index (χ3v) is 4.45. The molecule has 1 fully saturated rings. The zero-order chi connectivity index (χ0) is 17.6. The van der Waals surface area contributed by atoms with Gasteiger partial charge in [-0.2, -0.15) is 0 Å². The van der Waals surface area contributed by atoms with Crippen molar-refractivity contribution in [2.75, 3.05) is 6.61 Å². The Hall–Kier alpha value is -3.00. The number of rotatable bonds is 5. The fourth-order valence-corrected chi connectivity index (χ4v) is 2.99. The Morgan fingerprint density at radius 1 is 1.28 bits per heavy atom. The molecule has 2 amide bonds. The van der Waals surface area contributed by atoms with Crippen molar-refractivity contribution in [2.24, 2.45) is 0 Å². The molecule has 0 aliphatic carbocycles. The molecule has 2 aliphatic rings. The highest BCUT2D eigenvalue weighted by molar-refractivity contribution is 6.12. The SMILES string of the molecule is O=C(O)c1ccc2nc(CN3C(=O)C=CC3=O)n(C[C@@H]3CCO3)c2c1. The summed E-state index contributed by atoms with van der Waals surface area (Å²) in [4.78, 5) is 40.5. The number of imidazole rings is 1. The van der Waals surface area contributed by atoms with Crippen LogP contribution in [0.1, 0.15) is 22.6 Å². The lowest BCUT2D eigenvalue weighted by Gasteiger charge is -2.28. The normalized spacial score (nSPS) is 19.7. The molecule has 1 aromatic carbocycles. The number of aromatic carboxylic acids is 1. The molecule has 0 bridgehead atoms. The number of hydrogen-bond donors (Lipinski definition) is 1. The molecule has 25 heavy (non-hydrogen) atoms. The molecule has 4 rings (SSSR count). The maximum Gasteiger partial charge on any atom is 0.335 e. The summed E-state index contributed by atoms with van der Waals surface area (Å²) in [5.41, 5.74) is 1.42. The monoisotopic (exact) mass is 341 g/mol. The number of ether oxygens (including phenoxy) is 1. The average molecular weight is 341 g/mol. The first-order valence-electron chi connectivity index (χ1n) is 7.90. The number of nitrogens with zero attached hydrogens (tertiary/aromatic N) is 3. The largest absolute Gasteiger partial charge is 0.478 e. The Balaban J connectivity index is 1.76. The summed E-state index contributed by atoms with van der Waals surface area (Å²) in [5, 5.41) is 9.22. The highest BCUT2D eigenvalue weighted by Crippen LogP contribution is 2.23. The number of amides is 2. The molecule has 1 aromatic heterocycles. The molecule has 8 heteroatoms. The minimum atomic E-state index is -1.02. The van der Waals surface area contributed by atoms with Crippen LogP contribution in [0, 0.1) is 0 Å². The van der Waals surface area contributed by atoms with Crippen LogP contribution < -0.4 is 0 Å². The molecule has 1 saturated heterocycles. The van der Waals surface area contributed by atoms with E-state index in [0.717, 1.165) is 11.3 Å². The number of benzene rings is 1. The van der Waals surface area contributed by atoms with Crippen LogP contribution in [0.15, 0.2) is 30.4 Å². The van der Waals surface area contributed by atoms with E-state index in [1.165, 1.54) is 18.2 Å². The smallest absolute Gasteiger partial charge is 0.335 e. The van der Waals surface area contributed by atoms with E-state index < -0.39 is 5.97 Å². The van der Waals surface area contributed by atoms with Crippen molar-refractivity contribution in [3.8, 4) is 0 Å². The van der Waals surface area contributed by atoms with Crippen LogP contribution in [-0.4, -0.2) is 50.1 Å². The Bertz CT molecular complexity index is 908. The molecule has 1 N–H and O–H groups in total. The van der Waals surface area contributed by atoms with Crippen LogP contribution in [0.3, 0.4) is 0 Å². The topological polar surface area (TPSA) is 102 Å². The lowest BCUT2D eigenvalue weighted by atomic mass is 10.1. The number of hydrogen-bond acceptors (Lipinski definition) is 5. The van der Waals surface area contributed by atoms with Crippen LogP contribution in [-0.2, 0) is 27.4 Å². The Kier molecular flexibility index (Phi) is 3.61. The molecule has 0 unspecified atom stereocenters. The molecule has 2 aromatic rings. The van der Waals surface area contributed by atoms with E-state index in [4.69, 9.17) is 4.74 Å². The number of aromatic nitrogens is 2. The molecular formula is C17H15N3O5. The first kappa shape index (κ1) is 15.5. The van der Waals surface area contributed by atoms with E-state index in [2.05, 4.69) is 4.98 Å². The predicted molar refractivity (Wildman–Crippen MR) is 85.7 cm³/mol. The van der Waals surface area contributed by atoms with Crippen LogP contribution in [0.4, 0.5) is 0 Å². The molecular weight excluding hydrogens is 326 g/mol. The highest BCUT2D eigenvalue weighted by Gasteiger charge is 2.28. The van der Waals surface area contributed by atoms with E-state index >= 15 is 0 Å². The number of carbonyl (C=O) groups is 3. The van der Waals surface area contributed by atoms with Gasteiger partial charge in [0.25, 0.3) is 11.8 Å². The lowest BCUT2D eigenvalue weighted by Crippen LogP contribution is -2.34. The lowest BCUT2D eigenvalue weighted by molar-refractivity contribution is -0.137. The van der Waals surface area contributed by atoms with Gasteiger partial charge in [-0.1, -0.05) is 0 Å². The maximum absolute atomic E-state index is 11.8. The van der Waals surface area contributed by atoms with E-state index in [1.807, 2.05) is 4.57 Å². The van der Waals surface area contributed by atoms with E-state index in [-0.39, 0.29) is 30.0 Å². The Morgan fingerprint density at radius 2 is 2.00 bits per heavy atom. The second-order valence-corrected chi connectivity index (χ2v) is 6.02. The van der Waals surface area contributed by atoms with Gasteiger partial charge in [0.2, 0.25) is 0 Å². The van der Waals surface area contributed by atoms with Gasteiger partial charge in [0.15, 0.2) is 0 Å². The number of fused-ring (bicyclic) bond motifs is 1. The second-order valence-electron chi connectivity index (χ2n) is 6.02. The van der Waals surface area contributed by atoms with Crippen LogP contribution >= 0.6 is 0 Å². The zero-order valence-electron chi connectivity index (χ0n) is 13.2. The van der Waals surface area contributed by atoms with Gasteiger partial charge < -0.3 is 14.4 Å². The van der Waals surface area contributed by atoms with Gasteiger partial charge in [0, 0.05) is 18.8 Å². The molecule has 0 radical (unpaired) electrons. The van der Waals surface area contributed by atoms with Gasteiger partial charge in [-0.15, -0.1) is 0 Å². The molecule has 3 heterocycles. The minimum absolute atomic E-state index is 0.0211. The fraction of sp³-hybridized carbons (Fsp3) is 0.294. The third kappa shape index (κ3) is 2.70. The number of carboxylic acids is 1. The average Bonchev–Trinajstić information content (AvgIpc) is 3.04. The first-order chi connectivity index (χ1) is 12.0. The van der Waals surface area contributed by atoms with Crippen molar-refractivity contribution in [3.63, 3.8) is 0 Å². The van der Waals surface area contributed by atoms with Crippen LogP contribution in [0.25, 0.3) is 11.0 Å². The van der Waals surface area contributed by atoms with Crippen molar-refractivity contribution in [1.29, 1.82) is 0 Å². The van der Waals surface area contributed by atoms with E-state index in [9.17, 15) is 19.5 Å². The predicted octanol–water partition coefficient (Wildman–Crippen LogP) is 0.948. The molecule has 128 valence electrons. The van der Waals surface area contributed by atoms with Crippen molar-refractivity contribution < 1.29 is 24.2 Å². The molecule has 2 aliphatic heterocycles. The first-order valence-corrected chi connectivity index (χ1v) is 7.90. The quantitative estimate of drug-likeness (QED) is 0.813. The van der Waals surface area contributed by atoms with Crippen molar-refractivity contribution >= 4 is 28.8 Å². The summed E-state index contributed by atoms with van der Waals surface area (Å²) in [6.07, 6.45) is 3.38. The van der Waals surface area contributed by atoms with Gasteiger partial charge >= 0.3 is 5.97 Å². The molecule has 0 spiro atoms. The second kappa shape index (κ2) is 5.82. The third-order valence-electron chi connectivity index (χ3n) is 4.45. The number of carbonyl (C=O) groups excluding carboxylic acids is 2. The van der Waals surface area contributed by atoms with Gasteiger partial charge in [0.1, 0.15) is 5.82 Å². The summed E-state index contributed by atoms with van der Waals surface area (Å²) in [7, 11) is 0. The fourth-order valence-electron chi connectivity index (χ4n) is 2.99. The molecule has 1 atom stereocenters. The minimum Gasteiger partial charge on any atom is -0.478 e. The summed E-state index contributed by atoms with van der Waals surface area (Å²) < 4.78 is 7.31. The van der Waals surface area contributed by atoms with Crippen LogP contribution in [0.5, 0.6) is 0 Å². The summed E-state index contributed by atoms with van der Waals surface area (Å²) in [6, 6.07) is 4.67. The van der Waals surface area contributed by atoms with Gasteiger partial charge in [-0.25, -0.2) is 9.78 Å². The molecule has 0 saturated carbocycles. The maximum atomic E-state index is 11.8. The summed E-state index contributed by atoms with van der Waals surface area (Å²) in [6.45, 7) is 1.23. The van der Waals surface area contributed by atoms with Crippen LogP contribution in [0.2, 0.25) is 0 Å². The standard InChI is InChI=1S/C17H15N3O5/c21-15-3-4-16(22)20(15)9-14-18-12-2-1-10(17(23)24)7-13(12)19(14)8-11-5-6-25-11/h1-4,7,11H,5-6,8-9H2,(H,23,24)/t11-/m0/s1. The summed E-state index contributed by atoms with van der Waals surface area (Å²) >= 11 is 0. The van der Waals surface area contributed by atoms with Crippen molar-refractivity contribution in [3.05, 3.63) is 41.7 Å². The molecule has 8 nitrogen and oxygen atoms in total. The highest BCUT2D eigenvalue weighted by atomic mass is 16.5. The number of carboxylic acid groups (broad SMARTS) is 1.